The molecule has 1 aromatic rings. The molecule has 1 aliphatic heterocycles. The Balaban J connectivity index is 2.45. The fourth-order valence-electron chi connectivity index (χ4n) is 1.26. The van der Waals surface area contributed by atoms with E-state index in [9.17, 15) is 9.59 Å². The molecular formula is C8H7N3O2. The molecule has 2 heterocycles. The summed E-state index contributed by atoms with van der Waals surface area (Å²) in [5, 5.41) is 2.61. The lowest BCUT2D eigenvalue weighted by molar-refractivity contribution is -0.115. The highest BCUT2D eigenvalue weighted by Crippen LogP contribution is 2.21. The summed E-state index contributed by atoms with van der Waals surface area (Å²) in [5.74, 6) is -0.666. The summed E-state index contributed by atoms with van der Waals surface area (Å²) in [6.07, 6.45) is 1.73. The van der Waals surface area contributed by atoms with Crippen LogP contribution in [0.3, 0.4) is 0 Å². The summed E-state index contributed by atoms with van der Waals surface area (Å²) in [7, 11) is 0. The highest BCUT2D eigenvalue weighted by molar-refractivity contribution is 6.00. The number of anilines is 1. The molecule has 2 rings (SSSR count). The first-order chi connectivity index (χ1) is 6.16. The number of carbonyl (C=O) groups is 2. The Labute approximate surface area is 74.0 Å². The molecule has 0 saturated carbocycles. The maximum absolute atomic E-state index is 10.9. The summed E-state index contributed by atoms with van der Waals surface area (Å²) >= 11 is 0. The first-order valence-electron chi connectivity index (χ1n) is 3.75. The Morgan fingerprint density at radius 3 is 3.08 bits per heavy atom. The number of nitrogens with two attached hydrogens (primary N) is 1. The van der Waals surface area contributed by atoms with Crippen molar-refractivity contribution in [1.29, 1.82) is 0 Å². The van der Waals surface area contributed by atoms with Crippen LogP contribution in [0.5, 0.6) is 0 Å². The number of nitrogens with zero attached hydrogens (tertiary/aromatic N) is 1. The van der Waals surface area contributed by atoms with Crippen LogP contribution in [0.2, 0.25) is 0 Å². The second-order valence-corrected chi connectivity index (χ2v) is 2.82. The fourth-order valence-corrected chi connectivity index (χ4v) is 1.26. The van der Waals surface area contributed by atoms with Gasteiger partial charge in [-0.25, -0.2) is 4.98 Å². The summed E-state index contributed by atoms with van der Waals surface area (Å²) in [6, 6.07) is 1.54. The lowest BCUT2D eigenvalue weighted by atomic mass is 10.2. The second kappa shape index (κ2) is 2.55. The van der Waals surface area contributed by atoms with Gasteiger partial charge in [0.1, 0.15) is 5.69 Å². The van der Waals surface area contributed by atoms with Crippen LogP contribution in [0.15, 0.2) is 12.3 Å². The van der Waals surface area contributed by atoms with E-state index < -0.39 is 5.91 Å². The minimum absolute atomic E-state index is 0.0848. The van der Waals surface area contributed by atoms with E-state index in [1.165, 1.54) is 12.3 Å². The lowest BCUT2D eigenvalue weighted by Gasteiger charge is -1.98. The van der Waals surface area contributed by atoms with Crippen LogP contribution in [0.4, 0.5) is 5.69 Å². The summed E-state index contributed by atoms with van der Waals surface area (Å²) < 4.78 is 0. The number of rotatable bonds is 1. The van der Waals surface area contributed by atoms with Gasteiger partial charge in [0.2, 0.25) is 5.91 Å². The van der Waals surface area contributed by atoms with Crippen molar-refractivity contribution in [2.45, 2.75) is 6.42 Å². The van der Waals surface area contributed by atoms with Gasteiger partial charge in [0.05, 0.1) is 18.3 Å². The van der Waals surface area contributed by atoms with E-state index in [1.807, 2.05) is 0 Å². The standard InChI is InChI=1S/C8H7N3O2/c9-8(13)5-1-4-2-7(12)11-6(4)3-10-5/h1,3H,2H2,(H2,9,13)(H,11,12). The largest absolute Gasteiger partial charge is 0.364 e. The lowest BCUT2D eigenvalue weighted by Crippen LogP contribution is -2.13. The van der Waals surface area contributed by atoms with E-state index in [4.69, 9.17) is 5.73 Å². The average Bonchev–Trinajstić information content (AvgIpc) is 2.42. The van der Waals surface area contributed by atoms with Crippen molar-refractivity contribution in [1.82, 2.24) is 4.98 Å². The maximum atomic E-state index is 10.9. The van der Waals surface area contributed by atoms with Gasteiger partial charge in [0, 0.05) is 0 Å². The van der Waals surface area contributed by atoms with Crippen LogP contribution >= 0.6 is 0 Å². The van der Waals surface area contributed by atoms with E-state index >= 15 is 0 Å². The Bertz CT molecular complexity index is 400. The van der Waals surface area contributed by atoms with Crippen molar-refractivity contribution < 1.29 is 9.59 Å². The van der Waals surface area contributed by atoms with Gasteiger partial charge in [-0.1, -0.05) is 0 Å². The third-order valence-electron chi connectivity index (χ3n) is 1.87. The van der Waals surface area contributed by atoms with Crippen molar-refractivity contribution in [2.75, 3.05) is 5.32 Å². The number of nitrogens with one attached hydrogen (secondary N) is 1. The van der Waals surface area contributed by atoms with E-state index in [0.717, 1.165) is 5.56 Å². The molecular weight excluding hydrogens is 170 g/mol. The molecule has 5 nitrogen and oxygen atoms in total. The fraction of sp³-hybridized carbons (Fsp3) is 0.125. The molecule has 0 spiro atoms. The number of pyridine rings is 1. The maximum Gasteiger partial charge on any atom is 0.267 e. The highest BCUT2D eigenvalue weighted by atomic mass is 16.2. The van der Waals surface area contributed by atoms with Crippen molar-refractivity contribution in [3.8, 4) is 0 Å². The van der Waals surface area contributed by atoms with Crippen LogP contribution in [0, 0.1) is 0 Å². The second-order valence-electron chi connectivity index (χ2n) is 2.82. The summed E-state index contributed by atoms with van der Waals surface area (Å²) in [6.45, 7) is 0. The predicted octanol–water partition coefficient (Wildman–Crippen LogP) is -0.325. The minimum Gasteiger partial charge on any atom is -0.364 e. The van der Waals surface area contributed by atoms with Gasteiger partial charge >= 0.3 is 0 Å². The van der Waals surface area contributed by atoms with Gasteiger partial charge in [-0.3, -0.25) is 9.59 Å². The van der Waals surface area contributed by atoms with E-state index in [1.54, 1.807) is 0 Å². The molecule has 0 atom stereocenters. The van der Waals surface area contributed by atoms with E-state index in [2.05, 4.69) is 10.3 Å². The quantitative estimate of drug-likeness (QED) is 0.616. The number of hydrogen-bond acceptors (Lipinski definition) is 3. The Kier molecular flexibility index (Phi) is 1.51. The van der Waals surface area contributed by atoms with Gasteiger partial charge < -0.3 is 11.1 Å². The first-order valence-corrected chi connectivity index (χ1v) is 3.75. The van der Waals surface area contributed by atoms with Gasteiger partial charge in [0.25, 0.3) is 5.91 Å². The average molecular weight is 177 g/mol. The first kappa shape index (κ1) is 7.72. The highest BCUT2D eigenvalue weighted by Gasteiger charge is 2.19. The smallest absolute Gasteiger partial charge is 0.267 e. The van der Waals surface area contributed by atoms with Gasteiger partial charge in [-0.15, -0.1) is 0 Å². The van der Waals surface area contributed by atoms with E-state index in [0.29, 0.717) is 5.69 Å². The molecule has 13 heavy (non-hydrogen) atoms. The molecule has 1 aromatic heterocycles. The molecule has 0 aliphatic carbocycles. The molecule has 66 valence electrons. The van der Waals surface area contributed by atoms with Crippen molar-refractivity contribution >= 4 is 17.5 Å². The molecule has 1 aliphatic rings. The number of hydrogen-bond donors (Lipinski definition) is 2. The van der Waals surface area contributed by atoms with Crippen molar-refractivity contribution in [2.24, 2.45) is 5.73 Å². The monoisotopic (exact) mass is 177 g/mol. The van der Waals surface area contributed by atoms with Gasteiger partial charge in [0.15, 0.2) is 0 Å². The van der Waals surface area contributed by atoms with Crippen molar-refractivity contribution in [3.63, 3.8) is 0 Å². The number of amides is 2. The summed E-state index contributed by atoms with van der Waals surface area (Å²) in [5.41, 5.74) is 6.66. The van der Waals surface area contributed by atoms with E-state index in [-0.39, 0.29) is 18.0 Å². The molecule has 0 radical (unpaired) electrons. The summed E-state index contributed by atoms with van der Waals surface area (Å²) in [4.78, 5) is 25.5. The number of aromatic nitrogens is 1. The van der Waals surface area contributed by atoms with Crippen molar-refractivity contribution in [3.05, 3.63) is 23.5 Å². The minimum atomic E-state index is -0.581. The molecule has 3 N–H and O–H groups in total. The zero-order valence-electron chi connectivity index (χ0n) is 6.70. The number of carbonyl (C=O) groups excluding carboxylic acids is 2. The zero-order valence-corrected chi connectivity index (χ0v) is 6.70. The Morgan fingerprint density at radius 2 is 2.38 bits per heavy atom. The number of primary amides is 1. The van der Waals surface area contributed by atoms with Crippen LogP contribution < -0.4 is 11.1 Å². The Hall–Kier alpha value is -1.91. The van der Waals surface area contributed by atoms with Crippen LogP contribution in [0.1, 0.15) is 16.1 Å². The van der Waals surface area contributed by atoms with Gasteiger partial charge in [-0.2, -0.15) is 0 Å². The third-order valence-corrected chi connectivity index (χ3v) is 1.87. The molecule has 5 heteroatoms. The third kappa shape index (κ3) is 1.24. The molecule has 2 amide bonds. The molecule has 0 fully saturated rings. The normalized spacial score (nSPS) is 13.7. The SMILES string of the molecule is NC(=O)c1cc2c(cn1)NC(=O)C2. The Morgan fingerprint density at radius 1 is 1.62 bits per heavy atom. The molecule has 0 aromatic carbocycles. The van der Waals surface area contributed by atoms with Crippen LogP contribution in [-0.4, -0.2) is 16.8 Å². The predicted molar refractivity (Wildman–Crippen MR) is 45.1 cm³/mol. The zero-order chi connectivity index (χ0) is 9.42. The van der Waals surface area contributed by atoms with Crippen LogP contribution in [0.25, 0.3) is 0 Å². The van der Waals surface area contributed by atoms with Crippen LogP contribution in [-0.2, 0) is 11.2 Å². The number of fused-ring (bicyclic) bond motifs is 1. The molecule has 0 saturated heterocycles. The molecule has 0 bridgehead atoms. The molecule has 0 unspecified atom stereocenters. The topological polar surface area (TPSA) is 85.1 Å². The van der Waals surface area contributed by atoms with Gasteiger partial charge in [-0.05, 0) is 11.6 Å².